The van der Waals surface area contributed by atoms with Gasteiger partial charge in [0.25, 0.3) is 5.69 Å². The van der Waals surface area contributed by atoms with E-state index in [-0.39, 0.29) is 11.7 Å². The van der Waals surface area contributed by atoms with Gasteiger partial charge in [-0.1, -0.05) is 12.1 Å². The molecule has 2 rings (SSSR count). The second-order valence-electron chi connectivity index (χ2n) is 4.32. The highest BCUT2D eigenvalue weighted by molar-refractivity contribution is 5.35. The molecule has 1 unspecified atom stereocenters. The molecule has 0 aliphatic heterocycles. The van der Waals surface area contributed by atoms with Gasteiger partial charge in [-0.25, -0.2) is 4.98 Å². The van der Waals surface area contributed by atoms with Crippen molar-refractivity contribution in [3.8, 4) is 0 Å². The summed E-state index contributed by atoms with van der Waals surface area (Å²) in [5.74, 6) is 1.37. The molecular weight excluding hydrogens is 246 g/mol. The lowest BCUT2D eigenvalue weighted by atomic mass is 10.1. The van der Waals surface area contributed by atoms with Crippen LogP contribution in [0.1, 0.15) is 30.2 Å². The maximum atomic E-state index is 10.7. The Morgan fingerprint density at radius 1 is 1.53 bits per heavy atom. The highest BCUT2D eigenvalue weighted by Crippen LogP contribution is 2.19. The number of nitro groups is 1. The molecule has 6 heteroatoms. The second kappa shape index (κ2) is 5.62. The molecule has 0 radical (unpaired) electrons. The van der Waals surface area contributed by atoms with Crippen molar-refractivity contribution >= 4 is 5.69 Å². The fourth-order valence-corrected chi connectivity index (χ4v) is 1.75. The monoisotopic (exact) mass is 261 g/mol. The average molecular weight is 261 g/mol. The number of aryl methyl sites for hydroxylation is 1. The Labute approximate surface area is 110 Å². The lowest BCUT2D eigenvalue weighted by molar-refractivity contribution is -0.384. The lowest BCUT2D eigenvalue weighted by Crippen LogP contribution is -2.18. The molecule has 1 aromatic heterocycles. The zero-order valence-electron chi connectivity index (χ0n) is 10.8. The van der Waals surface area contributed by atoms with Crippen LogP contribution in [0.4, 0.5) is 5.69 Å². The summed E-state index contributed by atoms with van der Waals surface area (Å²) in [5.41, 5.74) is 0.954. The molecule has 2 aromatic rings. The SMILES string of the molecule is Cc1cnc(CNC(C)c2cccc([N+](=O)[O-])c2)o1. The fourth-order valence-electron chi connectivity index (χ4n) is 1.75. The van der Waals surface area contributed by atoms with Crippen LogP contribution in [0.25, 0.3) is 0 Å². The third-order valence-electron chi connectivity index (χ3n) is 2.81. The van der Waals surface area contributed by atoms with Gasteiger partial charge in [-0.05, 0) is 19.4 Å². The van der Waals surface area contributed by atoms with Gasteiger partial charge >= 0.3 is 0 Å². The molecule has 0 bridgehead atoms. The molecule has 0 amide bonds. The van der Waals surface area contributed by atoms with Crippen molar-refractivity contribution in [1.29, 1.82) is 0 Å². The molecule has 1 N–H and O–H groups in total. The zero-order chi connectivity index (χ0) is 13.8. The fraction of sp³-hybridized carbons (Fsp3) is 0.308. The van der Waals surface area contributed by atoms with Crippen LogP contribution >= 0.6 is 0 Å². The van der Waals surface area contributed by atoms with Crippen LogP contribution in [0, 0.1) is 17.0 Å². The zero-order valence-corrected chi connectivity index (χ0v) is 10.8. The third-order valence-corrected chi connectivity index (χ3v) is 2.81. The number of nitrogens with zero attached hydrogens (tertiary/aromatic N) is 2. The number of nitrogens with one attached hydrogen (secondary N) is 1. The Morgan fingerprint density at radius 3 is 2.95 bits per heavy atom. The van der Waals surface area contributed by atoms with Crippen molar-refractivity contribution in [2.75, 3.05) is 0 Å². The van der Waals surface area contributed by atoms with E-state index in [0.717, 1.165) is 11.3 Å². The Morgan fingerprint density at radius 2 is 2.32 bits per heavy atom. The first-order valence-corrected chi connectivity index (χ1v) is 5.95. The molecule has 0 saturated heterocycles. The van der Waals surface area contributed by atoms with E-state index in [4.69, 9.17) is 4.42 Å². The van der Waals surface area contributed by atoms with Crippen molar-refractivity contribution in [2.45, 2.75) is 26.4 Å². The predicted octanol–water partition coefficient (Wildman–Crippen LogP) is 2.74. The predicted molar refractivity (Wildman–Crippen MR) is 69.6 cm³/mol. The minimum Gasteiger partial charge on any atom is -0.445 e. The van der Waals surface area contributed by atoms with Gasteiger partial charge in [-0.15, -0.1) is 0 Å². The van der Waals surface area contributed by atoms with Crippen LogP contribution < -0.4 is 5.32 Å². The number of oxazole rings is 1. The summed E-state index contributed by atoms with van der Waals surface area (Å²) in [4.78, 5) is 14.4. The van der Waals surface area contributed by atoms with Crippen LogP contribution in [0.5, 0.6) is 0 Å². The number of hydrogen-bond donors (Lipinski definition) is 1. The van der Waals surface area contributed by atoms with Gasteiger partial charge < -0.3 is 9.73 Å². The van der Waals surface area contributed by atoms with Crippen molar-refractivity contribution < 1.29 is 9.34 Å². The summed E-state index contributed by atoms with van der Waals surface area (Å²) in [5, 5.41) is 13.9. The van der Waals surface area contributed by atoms with Crippen LogP contribution in [-0.4, -0.2) is 9.91 Å². The second-order valence-corrected chi connectivity index (χ2v) is 4.32. The van der Waals surface area contributed by atoms with Gasteiger partial charge in [0.15, 0.2) is 0 Å². The van der Waals surface area contributed by atoms with Crippen LogP contribution in [0.3, 0.4) is 0 Å². The van der Waals surface area contributed by atoms with Gasteiger partial charge in [0.05, 0.1) is 17.7 Å². The summed E-state index contributed by atoms with van der Waals surface area (Å²) >= 11 is 0. The van der Waals surface area contributed by atoms with Crippen LogP contribution in [-0.2, 0) is 6.54 Å². The van der Waals surface area contributed by atoms with Crippen molar-refractivity contribution in [1.82, 2.24) is 10.3 Å². The molecule has 0 spiro atoms. The standard InChI is InChI=1S/C13H15N3O3/c1-9-7-15-13(19-9)8-14-10(2)11-4-3-5-12(6-11)16(17)18/h3-7,10,14H,8H2,1-2H3. The van der Waals surface area contributed by atoms with E-state index in [1.807, 2.05) is 19.9 Å². The van der Waals surface area contributed by atoms with Gasteiger partial charge in [-0.3, -0.25) is 10.1 Å². The minimum absolute atomic E-state index is 0.0212. The van der Waals surface area contributed by atoms with Gasteiger partial charge in [0, 0.05) is 18.2 Å². The highest BCUT2D eigenvalue weighted by atomic mass is 16.6. The molecule has 1 heterocycles. The number of rotatable bonds is 5. The molecule has 0 aliphatic carbocycles. The molecule has 0 aliphatic rings. The maximum absolute atomic E-state index is 10.7. The van der Waals surface area contributed by atoms with Gasteiger partial charge in [-0.2, -0.15) is 0 Å². The highest BCUT2D eigenvalue weighted by Gasteiger charge is 2.11. The molecular formula is C13H15N3O3. The van der Waals surface area contributed by atoms with E-state index in [9.17, 15) is 10.1 Å². The van der Waals surface area contributed by atoms with Crippen LogP contribution in [0.15, 0.2) is 34.9 Å². The number of nitro benzene ring substituents is 1. The lowest BCUT2D eigenvalue weighted by Gasteiger charge is -2.12. The Kier molecular flexibility index (Phi) is 3.91. The molecule has 6 nitrogen and oxygen atoms in total. The number of hydrogen-bond acceptors (Lipinski definition) is 5. The largest absolute Gasteiger partial charge is 0.445 e. The molecule has 19 heavy (non-hydrogen) atoms. The first-order chi connectivity index (χ1) is 9.06. The molecule has 0 saturated carbocycles. The topological polar surface area (TPSA) is 81.2 Å². The Bertz CT molecular complexity index is 580. The third kappa shape index (κ3) is 3.38. The molecule has 0 fully saturated rings. The van der Waals surface area contributed by atoms with Gasteiger partial charge in [0.1, 0.15) is 5.76 Å². The average Bonchev–Trinajstić information content (AvgIpc) is 2.82. The normalized spacial score (nSPS) is 12.3. The van der Waals surface area contributed by atoms with E-state index in [1.54, 1.807) is 18.3 Å². The molecule has 1 atom stereocenters. The summed E-state index contributed by atoms with van der Waals surface area (Å²) in [6, 6.07) is 6.56. The van der Waals surface area contributed by atoms with Crippen molar-refractivity contribution in [3.63, 3.8) is 0 Å². The molecule has 1 aromatic carbocycles. The number of non-ortho nitro benzene ring substituents is 1. The van der Waals surface area contributed by atoms with Crippen molar-refractivity contribution in [2.24, 2.45) is 0 Å². The summed E-state index contributed by atoms with van der Waals surface area (Å²) < 4.78 is 5.35. The van der Waals surface area contributed by atoms with Crippen molar-refractivity contribution in [3.05, 3.63) is 57.8 Å². The first-order valence-electron chi connectivity index (χ1n) is 5.95. The Hall–Kier alpha value is -2.21. The van der Waals surface area contributed by atoms with E-state index in [2.05, 4.69) is 10.3 Å². The van der Waals surface area contributed by atoms with E-state index < -0.39 is 4.92 Å². The summed E-state index contributed by atoms with van der Waals surface area (Å²) in [7, 11) is 0. The summed E-state index contributed by atoms with van der Waals surface area (Å²) in [6.07, 6.45) is 1.66. The smallest absolute Gasteiger partial charge is 0.269 e. The first kappa shape index (κ1) is 13.2. The minimum atomic E-state index is -0.395. The van der Waals surface area contributed by atoms with Gasteiger partial charge in [0.2, 0.25) is 5.89 Å². The maximum Gasteiger partial charge on any atom is 0.269 e. The molecule has 100 valence electrons. The van der Waals surface area contributed by atoms with E-state index in [1.165, 1.54) is 6.07 Å². The Balaban J connectivity index is 2.01. The summed E-state index contributed by atoms with van der Waals surface area (Å²) in [6.45, 7) is 4.26. The quantitative estimate of drug-likeness (QED) is 0.661. The van der Waals surface area contributed by atoms with Crippen LogP contribution in [0.2, 0.25) is 0 Å². The van der Waals surface area contributed by atoms with E-state index in [0.29, 0.717) is 12.4 Å². The number of benzene rings is 1. The number of aromatic nitrogens is 1. The van der Waals surface area contributed by atoms with E-state index >= 15 is 0 Å².